The largest absolute Gasteiger partial charge is 0.339 e. The maximum Gasteiger partial charge on any atom is 0.243 e. The van der Waals surface area contributed by atoms with Crippen molar-refractivity contribution >= 4 is 21.8 Å². The molecule has 8 heteroatoms. The van der Waals surface area contributed by atoms with Gasteiger partial charge in [-0.3, -0.25) is 9.59 Å². The molecule has 2 aliphatic heterocycles. The molecule has 0 N–H and O–H groups in total. The second-order valence-corrected chi connectivity index (χ2v) is 10.9. The van der Waals surface area contributed by atoms with Crippen LogP contribution in [0.15, 0.2) is 29.2 Å². The van der Waals surface area contributed by atoms with Crippen LogP contribution in [0.1, 0.15) is 50.5 Å². The van der Waals surface area contributed by atoms with Gasteiger partial charge in [0.25, 0.3) is 0 Å². The van der Waals surface area contributed by atoms with Crippen molar-refractivity contribution in [3.63, 3.8) is 0 Å². The first-order chi connectivity index (χ1) is 14.9. The quantitative estimate of drug-likeness (QED) is 0.670. The molecule has 1 saturated carbocycles. The predicted molar refractivity (Wildman–Crippen MR) is 118 cm³/mol. The third-order valence-electron chi connectivity index (χ3n) is 6.62. The maximum absolute atomic E-state index is 12.9. The summed E-state index contributed by atoms with van der Waals surface area (Å²) < 4.78 is 27.4. The zero-order valence-electron chi connectivity index (χ0n) is 18.2. The second-order valence-electron chi connectivity index (χ2n) is 8.94. The summed E-state index contributed by atoms with van der Waals surface area (Å²) in [5.41, 5.74) is 0.964. The Morgan fingerprint density at radius 3 is 1.97 bits per heavy atom. The summed E-state index contributed by atoms with van der Waals surface area (Å²) in [6, 6.07) is 6.99. The summed E-state index contributed by atoms with van der Waals surface area (Å²) in [6.45, 7) is 3.65. The molecule has 1 aromatic carbocycles. The van der Waals surface area contributed by atoms with Gasteiger partial charge in [0.2, 0.25) is 21.8 Å². The fourth-order valence-corrected chi connectivity index (χ4v) is 5.95. The summed E-state index contributed by atoms with van der Waals surface area (Å²) >= 11 is 0. The van der Waals surface area contributed by atoms with Crippen LogP contribution >= 0.6 is 0 Å². The van der Waals surface area contributed by atoms with Gasteiger partial charge in [-0.25, -0.2) is 8.42 Å². The molecule has 2 saturated heterocycles. The summed E-state index contributed by atoms with van der Waals surface area (Å²) in [5, 5.41) is 0. The van der Waals surface area contributed by atoms with Gasteiger partial charge >= 0.3 is 0 Å². The van der Waals surface area contributed by atoms with Gasteiger partial charge in [0.15, 0.2) is 0 Å². The van der Waals surface area contributed by atoms with Crippen molar-refractivity contribution in [2.45, 2.75) is 56.3 Å². The van der Waals surface area contributed by atoms with Gasteiger partial charge in [-0.2, -0.15) is 4.31 Å². The minimum absolute atomic E-state index is 0.0970. The Morgan fingerprint density at radius 1 is 0.806 bits per heavy atom. The predicted octanol–water partition coefficient (Wildman–Crippen LogP) is 2.26. The smallest absolute Gasteiger partial charge is 0.243 e. The topological polar surface area (TPSA) is 78.0 Å². The SMILES string of the molecule is O=C(CCc1ccc(S(=O)(=O)N2CCCCCC2)cc1)N1CCN(C(=O)C2CC2)CC1. The highest BCUT2D eigenvalue weighted by atomic mass is 32.2. The fourth-order valence-electron chi connectivity index (χ4n) is 4.43. The first kappa shape index (κ1) is 22.3. The molecule has 1 aliphatic carbocycles. The molecule has 0 unspecified atom stereocenters. The summed E-state index contributed by atoms with van der Waals surface area (Å²) in [4.78, 5) is 28.8. The van der Waals surface area contributed by atoms with Crippen LogP contribution in [0.25, 0.3) is 0 Å². The zero-order valence-corrected chi connectivity index (χ0v) is 19.0. The van der Waals surface area contributed by atoms with E-state index in [4.69, 9.17) is 0 Å². The Kier molecular flexibility index (Phi) is 6.96. The van der Waals surface area contributed by atoms with Gasteiger partial charge < -0.3 is 9.80 Å². The number of aryl methyl sites for hydroxylation is 1. The van der Waals surface area contributed by atoms with Gasteiger partial charge in [0, 0.05) is 51.6 Å². The molecule has 2 heterocycles. The van der Waals surface area contributed by atoms with E-state index >= 15 is 0 Å². The van der Waals surface area contributed by atoms with Crippen LogP contribution in [-0.2, 0) is 26.0 Å². The van der Waals surface area contributed by atoms with Crippen LogP contribution in [0.4, 0.5) is 0 Å². The van der Waals surface area contributed by atoms with E-state index in [-0.39, 0.29) is 17.7 Å². The van der Waals surface area contributed by atoms with Crippen molar-refractivity contribution in [3.8, 4) is 0 Å². The van der Waals surface area contributed by atoms with Crippen molar-refractivity contribution in [1.82, 2.24) is 14.1 Å². The lowest BCUT2D eigenvalue weighted by Gasteiger charge is -2.35. The molecule has 0 aromatic heterocycles. The molecular weight excluding hydrogens is 414 g/mol. The van der Waals surface area contributed by atoms with Crippen LogP contribution in [0.3, 0.4) is 0 Å². The van der Waals surface area contributed by atoms with E-state index < -0.39 is 10.0 Å². The van der Waals surface area contributed by atoms with Gasteiger partial charge in [0.1, 0.15) is 0 Å². The highest BCUT2D eigenvalue weighted by Gasteiger charge is 2.35. The van der Waals surface area contributed by atoms with E-state index in [2.05, 4.69) is 0 Å². The number of rotatable bonds is 6. The molecule has 3 fully saturated rings. The lowest BCUT2D eigenvalue weighted by atomic mass is 10.1. The summed E-state index contributed by atoms with van der Waals surface area (Å²) in [6.07, 6.45) is 7.02. The molecule has 31 heavy (non-hydrogen) atoms. The van der Waals surface area contributed by atoms with E-state index in [1.807, 2.05) is 21.9 Å². The number of carbonyl (C=O) groups is 2. The Hall–Kier alpha value is -1.93. The number of sulfonamides is 1. The van der Waals surface area contributed by atoms with E-state index in [1.54, 1.807) is 16.4 Å². The van der Waals surface area contributed by atoms with Crippen LogP contribution < -0.4 is 0 Å². The zero-order chi connectivity index (χ0) is 21.8. The molecule has 0 atom stereocenters. The van der Waals surface area contributed by atoms with Crippen molar-refractivity contribution in [2.75, 3.05) is 39.3 Å². The average Bonchev–Trinajstić information content (AvgIpc) is 3.65. The lowest BCUT2D eigenvalue weighted by molar-refractivity contribution is -0.140. The summed E-state index contributed by atoms with van der Waals surface area (Å²) in [7, 11) is -3.44. The standard InChI is InChI=1S/C23H33N3O4S/c27-22(24-15-17-25(18-16-24)23(28)20-8-9-20)12-7-19-5-10-21(11-6-19)31(29,30)26-13-3-1-2-4-14-26/h5-6,10-11,20H,1-4,7-9,12-18H2. The third kappa shape index (κ3) is 5.47. The molecule has 0 radical (unpaired) electrons. The number of hydrogen-bond acceptors (Lipinski definition) is 4. The van der Waals surface area contributed by atoms with Gasteiger partial charge in [-0.05, 0) is 49.8 Å². The van der Waals surface area contributed by atoms with Crippen molar-refractivity contribution in [2.24, 2.45) is 5.92 Å². The molecular formula is C23H33N3O4S. The van der Waals surface area contributed by atoms with E-state index in [0.717, 1.165) is 44.1 Å². The van der Waals surface area contributed by atoms with Gasteiger partial charge in [0.05, 0.1) is 4.90 Å². The minimum Gasteiger partial charge on any atom is -0.339 e. The fraction of sp³-hybridized carbons (Fsp3) is 0.652. The monoisotopic (exact) mass is 447 g/mol. The highest BCUT2D eigenvalue weighted by molar-refractivity contribution is 7.89. The van der Waals surface area contributed by atoms with E-state index in [0.29, 0.717) is 57.0 Å². The van der Waals surface area contributed by atoms with E-state index in [9.17, 15) is 18.0 Å². The number of amides is 2. The lowest BCUT2D eigenvalue weighted by Crippen LogP contribution is -2.51. The van der Waals surface area contributed by atoms with Crippen LogP contribution in [0, 0.1) is 5.92 Å². The Balaban J connectivity index is 1.26. The average molecular weight is 448 g/mol. The van der Waals surface area contributed by atoms with Crippen molar-refractivity contribution < 1.29 is 18.0 Å². The van der Waals surface area contributed by atoms with Crippen LogP contribution in [0.2, 0.25) is 0 Å². The molecule has 2 amide bonds. The normalized spacial score (nSPS) is 21.0. The molecule has 7 nitrogen and oxygen atoms in total. The number of benzene rings is 1. The molecule has 1 aromatic rings. The molecule has 3 aliphatic rings. The second kappa shape index (κ2) is 9.69. The number of hydrogen-bond donors (Lipinski definition) is 0. The summed E-state index contributed by atoms with van der Waals surface area (Å²) in [5.74, 6) is 0.579. The number of carbonyl (C=O) groups excluding carboxylic acids is 2. The minimum atomic E-state index is -3.44. The molecule has 0 bridgehead atoms. The van der Waals surface area contributed by atoms with Crippen LogP contribution in [0.5, 0.6) is 0 Å². The van der Waals surface area contributed by atoms with Gasteiger partial charge in [-0.1, -0.05) is 25.0 Å². The number of piperazine rings is 1. The first-order valence-corrected chi connectivity index (χ1v) is 13.0. The Morgan fingerprint density at radius 2 is 1.39 bits per heavy atom. The Bertz CT molecular complexity index is 880. The highest BCUT2D eigenvalue weighted by Crippen LogP contribution is 2.31. The van der Waals surface area contributed by atoms with Gasteiger partial charge in [-0.15, -0.1) is 0 Å². The molecule has 170 valence electrons. The molecule has 4 rings (SSSR count). The van der Waals surface area contributed by atoms with Crippen molar-refractivity contribution in [3.05, 3.63) is 29.8 Å². The first-order valence-electron chi connectivity index (χ1n) is 11.6. The Labute approximate surface area is 185 Å². The van der Waals surface area contributed by atoms with E-state index in [1.165, 1.54) is 0 Å². The van der Waals surface area contributed by atoms with Crippen LogP contribution in [-0.4, -0.2) is 73.6 Å². The van der Waals surface area contributed by atoms with Crippen molar-refractivity contribution in [1.29, 1.82) is 0 Å². The molecule has 0 spiro atoms. The number of nitrogens with zero attached hydrogens (tertiary/aromatic N) is 3. The maximum atomic E-state index is 12.9. The third-order valence-corrected chi connectivity index (χ3v) is 8.54.